The van der Waals surface area contributed by atoms with Crippen LogP contribution in [0.2, 0.25) is 0 Å². The molecule has 0 bridgehead atoms. The molecule has 0 amide bonds. The van der Waals surface area contributed by atoms with Gasteiger partial charge in [0.15, 0.2) is 5.82 Å². The lowest BCUT2D eigenvalue weighted by molar-refractivity contribution is 0.764. The normalized spacial score (nSPS) is 10.7. The Morgan fingerprint density at radius 3 is 2.47 bits per heavy atom. The summed E-state index contributed by atoms with van der Waals surface area (Å²) in [6.45, 7) is 2.62. The highest BCUT2D eigenvalue weighted by Gasteiger charge is 2.10. The zero-order valence-corrected chi connectivity index (χ0v) is 9.71. The zero-order valence-electron chi connectivity index (χ0n) is 9.71. The molecule has 2 rings (SSSR count). The molecule has 17 heavy (non-hydrogen) atoms. The van der Waals surface area contributed by atoms with Crippen molar-refractivity contribution < 1.29 is 0 Å². The topological polar surface area (TPSA) is 81.1 Å². The molecule has 5 nitrogen and oxygen atoms in total. The molecule has 90 valence electrons. The van der Waals surface area contributed by atoms with Gasteiger partial charge in [-0.15, -0.1) is 5.10 Å². The number of nitrogens with two attached hydrogens (primary N) is 2. The van der Waals surface area contributed by atoms with Gasteiger partial charge in [-0.2, -0.15) is 5.10 Å². The molecule has 0 aliphatic heterocycles. The van der Waals surface area contributed by atoms with E-state index in [0.717, 1.165) is 29.7 Å². The van der Waals surface area contributed by atoms with Crippen LogP contribution in [0.1, 0.15) is 0 Å². The number of hydrogen-bond acceptors (Lipinski definition) is 5. The van der Waals surface area contributed by atoms with Crippen LogP contribution in [0.3, 0.4) is 0 Å². The predicted molar refractivity (Wildman–Crippen MR) is 69.9 cm³/mol. The second-order valence-corrected chi connectivity index (χ2v) is 3.82. The molecular formula is C12H17N5. The standard InChI is InChI=1S/C12H17N5/c13-5-7-17(8-6-14)12-11-4-2-1-3-10(11)9-15-16-12/h1-4,9H,5-8,13-14H2. The number of fused-ring (bicyclic) bond motifs is 1. The van der Waals surface area contributed by atoms with Crippen molar-refractivity contribution in [2.24, 2.45) is 11.5 Å². The van der Waals surface area contributed by atoms with Gasteiger partial charge < -0.3 is 16.4 Å². The van der Waals surface area contributed by atoms with Crippen LogP contribution in [-0.4, -0.2) is 36.4 Å². The Labute approximate surface area is 100 Å². The van der Waals surface area contributed by atoms with E-state index in [1.807, 2.05) is 24.3 Å². The van der Waals surface area contributed by atoms with Crippen molar-refractivity contribution in [3.05, 3.63) is 30.5 Å². The van der Waals surface area contributed by atoms with Gasteiger partial charge in [0.2, 0.25) is 0 Å². The van der Waals surface area contributed by atoms with Crippen molar-refractivity contribution in [1.29, 1.82) is 0 Å². The second kappa shape index (κ2) is 5.56. The van der Waals surface area contributed by atoms with Crippen LogP contribution in [0.15, 0.2) is 30.5 Å². The second-order valence-electron chi connectivity index (χ2n) is 3.82. The maximum atomic E-state index is 5.61. The first-order valence-corrected chi connectivity index (χ1v) is 5.72. The van der Waals surface area contributed by atoms with Crippen LogP contribution in [-0.2, 0) is 0 Å². The van der Waals surface area contributed by atoms with E-state index in [1.165, 1.54) is 0 Å². The Morgan fingerprint density at radius 1 is 1.06 bits per heavy atom. The maximum Gasteiger partial charge on any atom is 0.159 e. The van der Waals surface area contributed by atoms with Crippen LogP contribution in [0.4, 0.5) is 5.82 Å². The van der Waals surface area contributed by atoms with Crippen molar-refractivity contribution in [3.8, 4) is 0 Å². The molecule has 0 fully saturated rings. The number of benzene rings is 1. The van der Waals surface area contributed by atoms with E-state index < -0.39 is 0 Å². The fourth-order valence-electron chi connectivity index (χ4n) is 1.88. The van der Waals surface area contributed by atoms with Gasteiger partial charge in [-0.05, 0) is 0 Å². The first kappa shape index (κ1) is 11.8. The van der Waals surface area contributed by atoms with E-state index in [2.05, 4.69) is 15.1 Å². The molecule has 1 aromatic carbocycles. The van der Waals surface area contributed by atoms with Crippen molar-refractivity contribution >= 4 is 16.6 Å². The summed E-state index contributed by atoms with van der Waals surface area (Å²) in [4.78, 5) is 2.08. The molecule has 0 unspecified atom stereocenters. The van der Waals surface area contributed by atoms with Gasteiger partial charge in [-0.3, -0.25) is 0 Å². The summed E-state index contributed by atoms with van der Waals surface area (Å²) in [5, 5.41) is 10.4. The lowest BCUT2D eigenvalue weighted by atomic mass is 10.2. The molecule has 0 atom stereocenters. The number of rotatable bonds is 5. The Hall–Kier alpha value is -1.72. The van der Waals surface area contributed by atoms with Gasteiger partial charge in [0, 0.05) is 37.0 Å². The van der Waals surface area contributed by atoms with E-state index >= 15 is 0 Å². The third-order valence-electron chi connectivity index (χ3n) is 2.65. The quantitative estimate of drug-likeness (QED) is 0.776. The van der Waals surface area contributed by atoms with Gasteiger partial charge in [0.25, 0.3) is 0 Å². The third-order valence-corrected chi connectivity index (χ3v) is 2.65. The smallest absolute Gasteiger partial charge is 0.159 e. The van der Waals surface area contributed by atoms with Gasteiger partial charge in [-0.1, -0.05) is 24.3 Å². The average molecular weight is 231 g/mol. The summed E-state index contributed by atoms with van der Waals surface area (Å²) < 4.78 is 0. The number of aromatic nitrogens is 2. The molecule has 0 aliphatic rings. The first-order chi connectivity index (χ1) is 8.36. The van der Waals surface area contributed by atoms with E-state index in [4.69, 9.17) is 11.5 Å². The van der Waals surface area contributed by atoms with Gasteiger partial charge in [0.1, 0.15) is 0 Å². The van der Waals surface area contributed by atoms with Crippen molar-refractivity contribution in [1.82, 2.24) is 10.2 Å². The third kappa shape index (κ3) is 2.51. The molecule has 0 saturated heterocycles. The van der Waals surface area contributed by atoms with Crippen LogP contribution < -0.4 is 16.4 Å². The molecule has 0 spiro atoms. The van der Waals surface area contributed by atoms with Crippen LogP contribution in [0.25, 0.3) is 10.8 Å². The zero-order chi connectivity index (χ0) is 12.1. The van der Waals surface area contributed by atoms with E-state index in [9.17, 15) is 0 Å². The lowest BCUT2D eigenvalue weighted by Gasteiger charge is -2.22. The Kier molecular flexibility index (Phi) is 3.85. The molecular weight excluding hydrogens is 214 g/mol. The van der Waals surface area contributed by atoms with Gasteiger partial charge in [0.05, 0.1) is 6.20 Å². The van der Waals surface area contributed by atoms with E-state index in [0.29, 0.717) is 13.1 Å². The monoisotopic (exact) mass is 231 g/mol. The van der Waals surface area contributed by atoms with Crippen LogP contribution in [0.5, 0.6) is 0 Å². The Bertz CT molecular complexity index is 474. The number of hydrogen-bond donors (Lipinski definition) is 2. The largest absolute Gasteiger partial charge is 0.352 e. The molecule has 5 heteroatoms. The van der Waals surface area contributed by atoms with E-state index in [-0.39, 0.29) is 0 Å². The predicted octanol–water partition coefficient (Wildman–Crippen LogP) is 0.354. The highest BCUT2D eigenvalue weighted by Crippen LogP contribution is 2.22. The minimum Gasteiger partial charge on any atom is -0.352 e. The molecule has 0 saturated carbocycles. The van der Waals surface area contributed by atoms with Gasteiger partial charge >= 0.3 is 0 Å². The summed E-state index contributed by atoms with van der Waals surface area (Å²) >= 11 is 0. The summed E-state index contributed by atoms with van der Waals surface area (Å²) in [5.41, 5.74) is 11.2. The minimum absolute atomic E-state index is 0.574. The van der Waals surface area contributed by atoms with Crippen molar-refractivity contribution in [2.75, 3.05) is 31.1 Å². The summed E-state index contributed by atoms with van der Waals surface area (Å²) in [5.74, 6) is 0.860. The maximum absolute atomic E-state index is 5.61. The summed E-state index contributed by atoms with van der Waals surface area (Å²) in [6, 6.07) is 8.05. The fourth-order valence-corrected chi connectivity index (χ4v) is 1.88. The number of anilines is 1. The van der Waals surface area contributed by atoms with Crippen molar-refractivity contribution in [3.63, 3.8) is 0 Å². The molecule has 0 radical (unpaired) electrons. The van der Waals surface area contributed by atoms with Crippen molar-refractivity contribution in [2.45, 2.75) is 0 Å². The SMILES string of the molecule is NCCN(CCN)c1nncc2ccccc12. The molecule has 4 N–H and O–H groups in total. The molecule has 1 heterocycles. The molecule has 0 aliphatic carbocycles. The number of nitrogens with zero attached hydrogens (tertiary/aromatic N) is 3. The Morgan fingerprint density at radius 2 is 1.76 bits per heavy atom. The van der Waals surface area contributed by atoms with Crippen LogP contribution in [0, 0.1) is 0 Å². The lowest BCUT2D eigenvalue weighted by Crippen LogP contribution is -2.34. The first-order valence-electron chi connectivity index (χ1n) is 5.72. The highest BCUT2D eigenvalue weighted by molar-refractivity contribution is 5.91. The summed E-state index contributed by atoms with van der Waals surface area (Å²) in [7, 11) is 0. The fraction of sp³-hybridized carbons (Fsp3) is 0.333. The summed E-state index contributed by atoms with van der Waals surface area (Å²) in [6.07, 6.45) is 1.77. The molecule has 2 aromatic rings. The van der Waals surface area contributed by atoms with E-state index in [1.54, 1.807) is 6.20 Å². The Balaban J connectivity index is 2.44. The average Bonchev–Trinajstić information content (AvgIpc) is 2.38. The highest BCUT2D eigenvalue weighted by atomic mass is 15.3. The molecule has 1 aromatic heterocycles. The minimum atomic E-state index is 0.574. The van der Waals surface area contributed by atoms with Crippen LogP contribution >= 0.6 is 0 Å². The van der Waals surface area contributed by atoms with Gasteiger partial charge in [-0.25, -0.2) is 0 Å².